The number of hydrogen-bond donors (Lipinski definition) is 1. The first kappa shape index (κ1) is 15.7. The summed E-state index contributed by atoms with van der Waals surface area (Å²) in [7, 11) is 1.84. The van der Waals surface area contributed by atoms with Gasteiger partial charge >= 0.3 is 0 Å². The number of rotatable bonds is 5. The Morgan fingerprint density at radius 1 is 1.48 bits per heavy atom. The van der Waals surface area contributed by atoms with E-state index in [-0.39, 0.29) is 11.9 Å². The van der Waals surface area contributed by atoms with E-state index < -0.39 is 0 Å². The summed E-state index contributed by atoms with van der Waals surface area (Å²) < 4.78 is 0. The zero-order valence-electron chi connectivity index (χ0n) is 13.2. The molecule has 21 heavy (non-hydrogen) atoms. The molecule has 0 aromatic carbocycles. The van der Waals surface area contributed by atoms with Crippen LogP contribution in [0.3, 0.4) is 0 Å². The standard InChI is InChI=1S/C15H22N4OS/c1-6-13-16-10(3)15(21-13)11(4)19(5)14(20)8-12-7-9(2)17-18-12/h7,11H,6,8H2,1-5H3,(H,17,18)/t11-/m0/s1. The van der Waals surface area contributed by atoms with Gasteiger partial charge in [-0.15, -0.1) is 11.3 Å². The number of thiazole rings is 1. The lowest BCUT2D eigenvalue weighted by Gasteiger charge is -2.24. The summed E-state index contributed by atoms with van der Waals surface area (Å²) in [4.78, 5) is 19.9. The Balaban J connectivity index is 2.08. The summed E-state index contributed by atoms with van der Waals surface area (Å²) in [5.74, 6) is 0.0693. The lowest BCUT2D eigenvalue weighted by atomic mass is 10.2. The molecule has 2 heterocycles. The first-order valence-corrected chi connectivity index (χ1v) is 7.96. The molecule has 0 fully saturated rings. The number of carbonyl (C=O) groups is 1. The number of aromatic nitrogens is 3. The molecule has 2 aromatic rings. The second kappa shape index (κ2) is 6.39. The summed E-state index contributed by atoms with van der Waals surface area (Å²) in [6, 6.07) is 1.94. The van der Waals surface area contributed by atoms with Crippen molar-refractivity contribution in [3.8, 4) is 0 Å². The van der Waals surface area contributed by atoms with Crippen molar-refractivity contribution in [3.63, 3.8) is 0 Å². The molecule has 0 radical (unpaired) electrons. The van der Waals surface area contributed by atoms with Crippen molar-refractivity contribution in [1.29, 1.82) is 0 Å². The number of nitrogens with one attached hydrogen (secondary N) is 1. The molecule has 5 nitrogen and oxygen atoms in total. The average Bonchev–Trinajstić information content (AvgIpc) is 3.03. The molecule has 0 saturated carbocycles. The molecule has 0 aliphatic heterocycles. The van der Waals surface area contributed by atoms with Crippen molar-refractivity contribution in [3.05, 3.63) is 33.0 Å². The minimum atomic E-state index is 0.0374. The van der Waals surface area contributed by atoms with Gasteiger partial charge in [0, 0.05) is 17.6 Å². The smallest absolute Gasteiger partial charge is 0.228 e. The molecule has 2 rings (SSSR count). The number of H-pyrrole nitrogens is 1. The lowest BCUT2D eigenvalue weighted by Crippen LogP contribution is -2.31. The number of amides is 1. The number of hydrogen-bond acceptors (Lipinski definition) is 4. The van der Waals surface area contributed by atoms with Crippen molar-refractivity contribution in [2.45, 2.75) is 46.6 Å². The average molecular weight is 306 g/mol. The van der Waals surface area contributed by atoms with Crippen LogP contribution in [0.25, 0.3) is 0 Å². The highest BCUT2D eigenvalue weighted by Gasteiger charge is 2.22. The molecular weight excluding hydrogens is 284 g/mol. The van der Waals surface area contributed by atoms with Crippen LogP contribution in [0.1, 0.15) is 46.9 Å². The van der Waals surface area contributed by atoms with Crippen LogP contribution >= 0.6 is 11.3 Å². The maximum absolute atomic E-state index is 12.4. The van der Waals surface area contributed by atoms with E-state index in [9.17, 15) is 4.79 Å². The van der Waals surface area contributed by atoms with Gasteiger partial charge in [0.2, 0.25) is 5.91 Å². The van der Waals surface area contributed by atoms with Gasteiger partial charge in [-0.05, 0) is 33.3 Å². The molecule has 0 bridgehead atoms. The highest BCUT2D eigenvalue weighted by Crippen LogP contribution is 2.29. The van der Waals surface area contributed by atoms with E-state index >= 15 is 0 Å². The Morgan fingerprint density at radius 3 is 2.71 bits per heavy atom. The number of aromatic amines is 1. The quantitative estimate of drug-likeness (QED) is 0.924. The van der Waals surface area contributed by atoms with E-state index in [4.69, 9.17) is 0 Å². The van der Waals surface area contributed by atoms with Gasteiger partial charge in [-0.1, -0.05) is 6.92 Å². The van der Waals surface area contributed by atoms with E-state index in [1.807, 2.05) is 33.9 Å². The zero-order valence-corrected chi connectivity index (χ0v) is 14.0. The van der Waals surface area contributed by atoms with Crippen LogP contribution in [0.2, 0.25) is 0 Å². The Morgan fingerprint density at radius 2 is 2.19 bits per heavy atom. The van der Waals surface area contributed by atoms with Gasteiger partial charge in [-0.2, -0.15) is 5.10 Å². The Labute approximate surface area is 129 Å². The minimum absolute atomic E-state index is 0.0374. The molecule has 1 atom stereocenters. The summed E-state index contributed by atoms with van der Waals surface area (Å²) in [6.45, 7) is 8.09. The van der Waals surface area contributed by atoms with Gasteiger partial charge in [-0.25, -0.2) is 4.98 Å². The van der Waals surface area contributed by atoms with Gasteiger partial charge in [0.1, 0.15) is 0 Å². The molecule has 1 amide bonds. The summed E-state index contributed by atoms with van der Waals surface area (Å²) in [5, 5.41) is 8.11. The third-order valence-electron chi connectivity index (χ3n) is 3.62. The van der Waals surface area contributed by atoms with Crippen LogP contribution in [0, 0.1) is 13.8 Å². The van der Waals surface area contributed by atoms with E-state index in [1.165, 1.54) is 4.88 Å². The van der Waals surface area contributed by atoms with Gasteiger partial charge in [0.15, 0.2) is 0 Å². The van der Waals surface area contributed by atoms with Crippen LogP contribution in [-0.2, 0) is 17.6 Å². The van der Waals surface area contributed by atoms with E-state index in [1.54, 1.807) is 16.2 Å². The largest absolute Gasteiger partial charge is 0.338 e. The molecule has 0 aliphatic rings. The summed E-state index contributed by atoms with van der Waals surface area (Å²) in [6.07, 6.45) is 1.26. The third kappa shape index (κ3) is 3.50. The predicted octanol–water partition coefficient (Wildman–Crippen LogP) is 2.81. The Bertz CT molecular complexity index is 631. The van der Waals surface area contributed by atoms with E-state index in [2.05, 4.69) is 22.1 Å². The first-order valence-electron chi connectivity index (χ1n) is 7.15. The zero-order chi connectivity index (χ0) is 15.6. The summed E-state index contributed by atoms with van der Waals surface area (Å²) >= 11 is 1.70. The van der Waals surface area contributed by atoms with Crippen LogP contribution in [0.4, 0.5) is 0 Å². The molecule has 0 unspecified atom stereocenters. The SMILES string of the molecule is CCc1nc(C)c([C@H](C)N(C)C(=O)Cc2cc(C)[nH]n2)s1. The second-order valence-corrected chi connectivity index (χ2v) is 6.43. The summed E-state index contributed by atoms with van der Waals surface area (Å²) in [5.41, 5.74) is 2.78. The van der Waals surface area contributed by atoms with Crippen LogP contribution in [-0.4, -0.2) is 33.0 Å². The molecule has 0 aliphatic carbocycles. The van der Waals surface area contributed by atoms with Crippen molar-refractivity contribution in [2.75, 3.05) is 7.05 Å². The maximum atomic E-state index is 12.4. The number of aryl methyl sites for hydroxylation is 3. The highest BCUT2D eigenvalue weighted by atomic mass is 32.1. The minimum Gasteiger partial charge on any atom is -0.338 e. The predicted molar refractivity (Wildman–Crippen MR) is 84.4 cm³/mol. The number of nitrogens with zero attached hydrogens (tertiary/aromatic N) is 3. The topological polar surface area (TPSA) is 61.9 Å². The van der Waals surface area contributed by atoms with Gasteiger partial charge in [0.25, 0.3) is 0 Å². The lowest BCUT2D eigenvalue weighted by molar-refractivity contribution is -0.131. The molecule has 114 valence electrons. The molecule has 2 aromatic heterocycles. The third-order valence-corrected chi connectivity index (χ3v) is 5.10. The van der Waals surface area contributed by atoms with E-state index in [0.717, 1.165) is 28.5 Å². The van der Waals surface area contributed by atoms with Gasteiger partial charge in [0.05, 0.1) is 28.9 Å². The normalized spacial score (nSPS) is 12.4. The highest BCUT2D eigenvalue weighted by molar-refractivity contribution is 7.11. The van der Waals surface area contributed by atoms with Crippen molar-refractivity contribution in [2.24, 2.45) is 0 Å². The molecule has 0 saturated heterocycles. The number of carbonyl (C=O) groups excluding carboxylic acids is 1. The van der Waals surface area contributed by atoms with Crippen LogP contribution in [0.5, 0.6) is 0 Å². The Hall–Kier alpha value is -1.69. The molecule has 0 spiro atoms. The van der Waals surface area contributed by atoms with Crippen LogP contribution in [0.15, 0.2) is 6.07 Å². The van der Waals surface area contributed by atoms with Crippen molar-refractivity contribution >= 4 is 17.2 Å². The van der Waals surface area contributed by atoms with E-state index in [0.29, 0.717) is 6.42 Å². The maximum Gasteiger partial charge on any atom is 0.228 e. The molecule has 6 heteroatoms. The van der Waals surface area contributed by atoms with Crippen molar-refractivity contribution in [1.82, 2.24) is 20.1 Å². The van der Waals surface area contributed by atoms with Gasteiger partial charge in [-0.3, -0.25) is 9.89 Å². The van der Waals surface area contributed by atoms with Gasteiger partial charge < -0.3 is 4.90 Å². The fourth-order valence-electron chi connectivity index (χ4n) is 2.24. The fraction of sp³-hybridized carbons (Fsp3) is 0.533. The molecular formula is C15H22N4OS. The monoisotopic (exact) mass is 306 g/mol. The number of likely N-dealkylation sites (N-methyl/N-ethyl adjacent to an activating group) is 1. The Kier molecular flexibility index (Phi) is 4.77. The van der Waals surface area contributed by atoms with Crippen LogP contribution < -0.4 is 0 Å². The molecule has 1 N–H and O–H groups in total. The second-order valence-electron chi connectivity index (χ2n) is 5.31. The first-order chi connectivity index (χ1) is 9.92. The van der Waals surface area contributed by atoms with Crippen molar-refractivity contribution < 1.29 is 4.79 Å². The fourth-order valence-corrected chi connectivity index (χ4v) is 3.34.